The van der Waals surface area contributed by atoms with Crippen LogP contribution < -0.4 is 39.6 Å². The van der Waals surface area contributed by atoms with Gasteiger partial charge >= 0.3 is 35.7 Å². The average molecular weight is 366 g/mol. The van der Waals surface area contributed by atoms with Gasteiger partial charge < -0.3 is 19.7 Å². The second-order valence-corrected chi connectivity index (χ2v) is 6.18. The summed E-state index contributed by atoms with van der Waals surface area (Å²) in [5, 5.41) is 10.9. The summed E-state index contributed by atoms with van der Waals surface area (Å²) in [5.74, 6) is -1.93. The van der Waals surface area contributed by atoms with Crippen molar-refractivity contribution in [2.24, 2.45) is 0 Å². The molecule has 0 spiro atoms. The molecule has 0 saturated carbocycles. The Kier molecular flexibility index (Phi) is 6.69. The predicted molar refractivity (Wildman–Crippen MR) is 77.4 cm³/mol. The molecule has 0 aromatic carbocycles. The van der Waals surface area contributed by atoms with Crippen molar-refractivity contribution in [1.29, 1.82) is 0 Å². The van der Waals surface area contributed by atoms with Gasteiger partial charge in [0.1, 0.15) is 0 Å². The molecule has 0 atom stereocenters. The first-order valence-electron chi connectivity index (χ1n) is 8.01. The van der Waals surface area contributed by atoms with Gasteiger partial charge in [0.2, 0.25) is 5.95 Å². The number of alkyl halides is 3. The van der Waals surface area contributed by atoms with E-state index in [1.807, 2.05) is 0 Å². The number of rotatable bonds is 3. The average Bonchev–Trinajstić information content (AvgIpc) is 3.08. The van der Waals surface area contributed by atoms with Crippen LogP contribution in [0.15, 0.2) is 6.07 Å². The van der Waals surface area contributed by atoms with Crippen molar-refractivity contribution in [3.05, 3.63) is 17.5 Å². The van der Waals surface area contributed by atoms with Crippen LogP contribution in [-0.4, -0.2) is 53.1 Å². The number of aromatic nitrogens is 2. The molecule has 2 saturated heterocycles. The molecule has 1 aromatic rings. The largest absolute Gasteiger partial charge is 1.00 e. The SMILES string of the molecule is O=C([O-])c1cc(C(F)(F)F)nc(N2CCC(N3CCCC3)CC2)n1.[Na+]. The van der Waals surface area contributed by atoms with E-state index < -0.39 is 23.5 Å². The van der Waals surface area contributed by atoms with E-state index in [0.29, 0.717) is 25.2 Å². The van der Waals surface area contributed by atoms with Crippen LogP contribution in [0, 0.1) is 0 Å². The molecule has 25 heavy (non-hydrogen) atoms. The van der Waals surface area contributed by atoms with E-state index in [9.17, 15) is 23.1 Å². The van der Waals surface area contributed by atoms with Gasteiger partial charge in [-0.15, -0.1) is 0 Å². The summed E-state index contributed by atoms with van der Waals surface area (Å²) in [6.45, 7) is 3.16. The number of hydrogen-bond acceptors (Lipinski definition) is 6. The molecule has 3 rings (SSSR count). The summed E-state index contributed by atoms with van der Waals surface area (Å²) >= 11 is 0. The molecular formula is C15H18F3N4NaO2. The summed E-state index contributed by atoms with van der Waals surface area (Å²) < 4.78 is 38.7. The molecule has 0 aliphatic carbocycles. The van der Waals surface area contributed by atoms with Crippen molar-refractivity contribution in [2.75, 3.05) is 31.1 Å². The summed E-state index contributed by atoms with van der Waals surface area (Å²) in [5.41, 5.74) is -2.00. The van der Waals surface area contributed by atoms with Crippen molar-refractivity contribution in [3.8, 4) is 0 Å². The minimum absolute atomic E-state index is 0. The van der Waals surface area contributed by atoms with Crippen molar-refractivity contribution < 1.29 is 52.6 Å². The molecule has 2 aliphatic heterocycles. The fourth-order valence-electron chi connectivity index (χ4n) is 3.36. The normalized spacial score (nSPS) is 19.7. The molecule has 0 amide bonds. The molecule has 2 fully saturated rings. The molecule has 2 aliphatic rings. The van der Waals surface area contributed by atoms with Crippen molar-refractivity contribution >= 4 is 11.9 Å². The molecule has 0 N–H and O–H groups in total. The molecule has 0 unspecified atom stereocenters. The van der Waals surface area contributed by atoms with Crippen LogP contribution in [0.3, 0.4) is 0 Å². The van der Waals surface area contributed by atoms with Crippen molar-refractivity contribution in [2.45, 2.75) is 37.9 Å². The first kappa shape index (κ1) is 20.4. The van der Waals surface area contributed by atoms with Crippen LogP contribution in [0.2, 0.25) is 0 Å². The van der Waals surface area contributed by atoms with Crippen LogP contribution in [0.1, 0.15) is 41.9 Å². The van der Waals surface area contributed by atoms with Gasteiger partial charge in [0, 0.05) is 19.1 Å². The van der Waals surface area contributed by atoms with Gasteiger partial charge in [-0.05, 0) is 44.8 Å². The summed E-state index contributed by atoms with van der Waals surface area (Å²) in [6.07, 6.45) is -0.742. The standard InChI is InChI=1S/C15H19F3N4O2.Na/c16-15(17,18)12-9-11(13(23)24)19-14(20-12)22-7-3-10(4-8-22)21-5-1-2-6-21;/h9-10H,1-8H2,(H,23,24);/q;+1/p-1. The van der Waals surface area contributed by atoms with Crippen LogP contribution in [0.25, 0.3) is 0 Å². The number of hydrogen-bond donors (Lipinski definition) is 0. The Labute approximate surface area is 165 Å². The van der Waals surface area contributed by atoms with Crippen molar-refractivity contribution in [3.63, 3.8) is 0 Å². The van der Waals surface area contributed by atoms with E-state index in [0.717, 1.165) is 25.9 Å². The molecule has 10 heteroatoms. The number of aromatic carboxylic acids is 1. The van der Waals surface area contributed by atoms with Gasteiger partial charge in [0.15, 0.2) is 5.69 Å². The van der Waals surface area contributed by atoms with Gasteiger partial charge in [0.25, 0.3) is 0 Å². The smallest absolute Gasteiger partial charge is 0.543 e. The Hall–Kier alpha value is -0.900. The number of halogens is 3. The molecule has 132 valence electrons. The Morgan fingerprint density at radius 3 is 2.24 bits per heavy atom. The zero-order valence-corrected chi connectivity index (χ0v) is 16.1. The first-order chi connectivity index (χ1) is 11.3. The zero-order valence-electron chi connectivity index (χ0n) is 14.1. The van der Waals surface area contributed by atoms with Gasteiger partial charge in [-0.2, -0.15) is 13.2 Å². The molecular weight excluding hydrogens is 348 g/mol. The minimum atomic E-state index is -4.73. The fraction of sp³-hybridized carbons (Fsp3) is 0.667. The number of carboxylic acids is 1. The van der Waals surface area contributed by atoms with Gasteiger partial charge in [-0.3, -0.25) is 0 Å². The number of nitrogens with zero attached hydrogens (tertiary/aromatic N) is 4. The van der Waals surface area contributed by atoms with Gasteiger partial charge in [-0.25, -0.2) is 9.97 Å². The van der Waals surface area contributed by atoms with Gasteiger partial charge in [0.05, 0.1) is 11.7 Å². The number of carboxylic acid groups (broad SMARTS) is 1. The third kappa shape index (κ3) is 4.84. The van der Waals surface area contributed by atoms with E-state index in [1.54, 1.807) is 4.90 Å². The number of anilines is 1. The van der Waals surface area contributed by atoms with E-state index in [1.165, 1.54) is 12.8 Å². The molecule has 1 aromatic heterocycles. The summed E-state index contributed by atoms with van der Waals surface area (Å²) in [4.78, 5) is 22.2. The number of carbonyl (C=O) groups excluding carboxylic acids is 1. The molecule has 0 bridgehead atoms. The maximum Gasteiger partial charge on any atom is 1.00 e. The number of piperidine rings is 1. The second kappa shape index (κ2) is 8.20. The Morgan fingerprint density at radius 1 is 1.12 bits per heavy atom. The molecule has 3 heterocycles. The monoisotopic (exact) mass is 366 g/mol. The van der Waals surface area contributed by atoms with E-state index in [-0.39, 0.29) is 35.5 Å². The van der Waals surface area contributed by atoms with Crippen LogP contribution >= 0.6 is 0 Å². The van der Waals surface area contributed by atoms with E-state index >= 15 is 0 Å². The van der Waals surface area contributed by atoms with Crippen LogP contribution in [0.4, 0.5) is 19.1 Å². The Morgan fingerprint density at radius 2 is 1.72 bits per heavy atom. The fourth-order valence-corrected chi connectivity index (χ4v) is 3.36. The second-order valence-electron chi connectivity index (χ2n) is 6.18. The zero-order chi connectivity index (χ0) is 17.3. The Balaban J connectivity index is 0.00000225. The third-order valence-corrected chi connectivity index (χ3v) is 4.62. The third-order valence-electron chi connectivity index (χ3n) is 4.62. The number of carbonyl (C=O) groups is 1. The maximum atomic E-state index is 12.9. The topological polar surface area (TPSA) is 72.4 Å². The first-order valence-corrected chi connectivity index (χ1v) is 8.01. The molecule has 0 radical (unpaired) electrons. The summed E-state index contributed by atoms with van der Waals surface area (Å²) in [6, 6.07) is 0.839. The summed E-state index contributed by atoms with van der Waals surface area (Å²) in [7, 11) is 0. The maximum absolute atomic E-state index is 12.9. The van der Waals surface area contributed by atoms with Crippen molar-refractivity contribution in [1.82, 2.24) is 14.9 Å². The Bertz CT molecular complexity index is 615. The van der Waals surface area contributed by atoms with Crippen LogP contribution in [-0.2, 0) is 6.18 Å². The predicted octanol–water partition coefficient (Wildman–Crippen LogP) is -2.07. The van der Waals surface area contributed by atoms with E-state index in [4.69, 9.17) is 0 Å². The van der Waals surface area contributed by atoms with Gasteiger partial charge in [-0.1, -0.05) is 0 Å². The van der Waals surface area contributed by atoms with E-state index in [2.05, 4.69) is 14.9 Å². The molecule has 6 nitrogen and oxygen atoms in total. The quantitative estimate of drug-likeness (QED) is 0.573. The van der Waals surface area contributed by atoms with Crippen LogP contribution in [0.5, 0.6) is 0 Å². The number of likely N-dealkylation sites (tertiary alicyclic amines) is 1. The minimum Gasteiger partial charge on any atom is -0.543 e.